The van der Waals surface area contributed by atoms with Crippen molar-refractivity contribution in [3.63, 3.8) is 0 Å². The second-order valence-corrected chi connectivity index (χ2v) is 42.5. The minimum Gasteiger partial charge on any atom is -0.383 e. The Morgan fingerprint density at radius 2 is 0.493 bits per heavy atom. The van der Waals surface area contributed by atoms with E-state index in [1.165, 1.54) is 0 Å². The normalized spacial score (nSPS) is 11.6. The van der Waals surface area contributed by atoms with Crippen LogP contribution in [0.15, 0.2) is 327 Å². The van der Waals surface area contributed by atoms with Crippen molar-refractivity contribution in [2.75, 3.05) is 95.0 Å². The van der Waals surface area contributed by atoms with Crippen LogP contribution >= 0.6 is 94.1 Å². The lowest BCUT2D eigenvalue weighted by atomic mass is 10.0. The zero-order valence-corrected chi connectivity index (χ0v) is 85.6. The zero-order valence-electron chi connectivity index (χ0n) is 79.0. The van der Waals surface area contributed by atoms with Gasteiger partial charge in [-0.15, -0.1) is 0 Å². The number of rotatable bonds is 48. The average Bonchev–Trinajstić information content (AvgIpc) is 1.54. The molecule has 0 radical (unpaired) electrons. The molecule has 16 nitrogen and oxygen atoms in total. The van der Waals surface area contributed by atoms with E-state index in [1.807, 2.05) is 0 Å². The van der Waals surface area contributed by atoms with E-state index in [0.717, 1.165) is 291 Å². The molecule has 136 heavy (non-hydrogen) atoms. The summed E-state index contributed by atoms with van der Waals surface area (Å²) in [6.45, 7) is 23.8. The molecule has 5 heterocycles. The van der Waals surface area contributed by atoms with Crippen molar-refractivity contribution in [3.05, 3.63) is 249 Å². The summed E-state index contributed by atoms with van der Waals surface area (Å²) >= 11 is 14.2. The van der Waals surface area contributed by atoms with Gasteiger partial charge >= 0.3 is 0 Å². The van der Waals surface area contributed by atoms with E-state index in [1.54, 1.807) is 94.1 Å². The second kappa shape index (κ2) is 48.5. The third-order valence-electron chi connectivity index (χ3n) is 23.6. The molecule has 8 bridgehead atoms. The number of anilines is 7. The fourth-order valence-electron chi connectivity index (χ4n) is 16.7. The molecular weight excluding hydrogens is 1830 g/mol. The van der Waals surface area contributed by atoms with Crippen LogP contribution in [0.5, 0.6) is 0 Å². The van der Waals surface area contributed by atoms with Crippen molar-refractivity contribution in [1.29, 1.82) is 0 Å². The summed E-state index contributed by atoms with van der Waals surface area (Å²) in [6.07, 6.45) is 15.3. The minimum atomic E-state index is 0.481. The first-order valence-electron chi connectivity index (χ1n) is 48.7. The van der Waals surface area contributed by atoms with Gasteiger partial charge in [0.15, 0.2) is 34.6 Å². The van der Waals surface area contributed by atoms with E-state index in [0.29, 0.717) is 72.1 Å². The Kier molecular flexibility index (Phi) is 34.5. The summed E-state index contributed by atoms with van der Waals surface area (Å²) in [6, 6.07) is 89.4. The molecule has 17 rings (SSSR count). The third-order valence-corrected chi connectivity index (χ3v) is 33.3. The van der Waals surface area contributed by atoms with Crippen LogP contribution < -0.4 is 42.6 Å². The molecule has 698 valence electrons. The van der Waals surface area contributed by atoms with Crippen molar-refractivity contribution in [2.45, 2.75) is 236 Å². The monoisotopic (exact) mass is 1950 g/mol. The largest absolute Gasteiger partial charge is 0.383 e. The highest BCUT2D eigenvalue weighted by atomic mass is 32.2. The SMILES string of the molecule is CCCCNc1cc2c(c(NCCCC)c1NCCCC)-c1nc-2nc2[nH]c(nc3nc(nc4c5c(NCCCC)c(NCCCC)c(NCCCC)c(NCCCC)c5c(n1)n4NCCCC)-c1c(Sc4ccccc4)c(Sc4ccccc4)c(Sc4ccccc4)c(Sc4ccccc4)c1-3)c1c(Sc3ccccc3)c(Sc3ccccc3)c(Sc3ccccc3)c(Sc3ccccc3)c21. The molecule has 2 aliphatic heterocycles. The summed E-state index contributed by atoms with van der Waals surface area (Å²) in [5.41, 5.74) is 16.7. The van der Waals surface area contributed by atoms with Crippen LogP contribution in [-0.4, -0.2) is 91.9 Å². The molecule has 3 aromatic heterocycles. The highest BCUT2D eigenvalue weighted by molar-refractivity contribution is 8.06. The Bertz CT molecular complexity index is 6720. The quantitative estimate of drug-likeness (QED) is 0.0163. The lowest BCUT2D eigenvalue weighted by Gasteiger charge is -2.24. The van der Waals surface area contributed by atoms with Crippen molar-refractivity contribution in [3.8, 4) is 45.6 Å². The van der Waals surface area contributed by atoms with E-state index in [9.17, 15) is 0 Å². The predicted molar refractivity (Wildman–Crippen MR) is 587 cm³/mol. The molecule has 0 fully saturated rings. The molecule has 0 aliphatic carbocycles. The number of unbranched alkanes of at least 4 members (excludes halogenated alkanes) is 8. The van der Waals surface area contributed by atoms with Crippen LogP contribution in [-0.2, 0) is 0 Å². The first-order chi connectivity index (χ1) is 67.2. The number of hydrogen-bond acceptors (Lipinski definition) is 22. The zero-order chi connectivity index (χ0) is 93.3. The van der Waals surface area contributed by atoms with Crippen LogP contribution in [0.2, 0.25) is 0 Å². The summed E-state index contributed by atoms with van der Waals surface area (Å²) in [5, 5.41) is 32.8. The Labute approximate surface area is 836 Å². The Hall–Kier alpha value is -10.8. The summed E-state index contributed by atoms with van der Waals surface area (Å²) < 4.78 is 2.24. The topological polar surface area (TPSA) is 194 Å². The van der Waals surface area contributed by atoms with Gasteiger partial charge in [0.05, 0.1) is 56.1 Å². The number of nitrogens with zero attached hydrogens (tertiary/aromatic N) is 7. The van der Waals surface area contributed by atoms with E-state index >= 15 is 0 Å². The fourth-order valence-corrected chi connectivity index (χ4v) is 26.2. The Morgan fingerprint density at radius 3 is 0.831 bits per heavy atom. The smallest absolute Gasteiger partial charge is 0.167 e. The average molecular weight is 1950 g/mol. The molecule has 0 saturated heterocycles. The van der Waals surface area contributed by atoms with Crippen molar-refractivity contribution in [2.24, 2.45) is 0 Å². The van der Waals surface area contributed by atoms with Gasteiger partial charge in [-0.05, 0) is 154 Å². The third kappa shape index (κ3) is 22.6. The van der Waals surface area contributed by atoms with E-state index in [-0.39, 0.29) is 0 Å². The van der Waals surface area contributed by atoms with Crippen molar-refractivity contribution >= 4 is 178 Å². The first-order valence-corrected chi connectivity index (χ1v) is 55.3. The Balaban J connectivity index is 1.20. The number of H-pyrrole nitrogens is 1. The molecule has 0 unspecified atom stereocenters. The maximum absolute atomic E-state index is 6.65. The second-order valence-electron chi connectivity index (χ2n) is 33.8. The molecule has 2 aliphatic rings. The molecule has 15 aromatic rings. The predicted octanol–water partition coefficient (Wildman–Crippen LogP) is 33.4. The highest BCUT2D eigenvalue weighted by Crippen LogP contribution is 2.62. The maximum Gasteiger partial charge on any atom is 0.167 e. The van der Waals surface area contributed by atoms with Gasteiger partial charge in [0.25, 0.3) is 0 Å². The Morgan fingerprint density at radius 1 is 0.235 bits per heavy atom. The lowest BCUT2D eigenvalue weighted by molar-refractivity contribution is 0.769. The van der Waals surface area contributed by atoms with E-state index in [2.05, 4.69) is 356 Å². The lowest BCUT2D eigenvalue weighted by Crippen LogP contribution is -2.17. The number of fused-ring (bicyclic) bond motifs is 20. The van der Waals surface area contributed by atoms with Gasteiger partial charge in [0, 0.05) is 158 Å². The number of benzene rings is 12. The van der Waals surface area contributed by atoms with Crippen LogP contribution in [0.1, 0.15) is 158 Å². The van der Waals surface area contributed by atoms with Crippen molar-refractivity contribution < 1.29 is 0 Å². The maximum atomic E-state index is 6.65. The molecule has 12 aromatic carbocycles. The standard InChI is InChI=1S/C112H122N16S8/c1-9-17-65-113-83-73-82-84(92(115-67-19-11-3)91(83)114-66-18-10-2)106-121-105(82)122-107-87-88(98(130-75-51-35-26-36-52-75)102(134-79-59-43-30-44-60-79)101(133-78-57-41-29-42-58-78)97(87)129-74-49-33-25-34-50-74)108(123-107)124-109-89-90(100(132-77-55-39-28-40-56-77)104(136-81-63-47-32-48-64-81)103(135-80-61-45-31-46-62-80)99(89)131-76-53-37-27-38-54-76)110(125-109)127-112-86-85(111(126-106)128(112)120-72-24-16-8)93(116-68-20-12-4)95(118-70-22-14-6)96(119-71-23-15-7)94(86)117-69-21-13-5/h25-64,73,113-120H,9-24,65-72H2,1-8H3,(H,121,122,123,124,125,126,127). The summed E-state index contributed by atoms with van der Waals surface area (Å²) in [4.78, 5) is 59.8. The van der Waals surface area contributed by atoms with Gasteiger partial charge in [-0.2, -0.15) is 0 Å². The van der Waals surface area contributed by atoms with Gasteiger partial charge in [0.1, 0.15) is 11.3 Å². The molecule has 0 saturated carbocycles. The number of nitrogens with one attached hydrogen (secondary N) is 9. The van der Waals surface area contributed by atoms with Gasteiger partial charge in [-0.3, -0.25) is 0 Å². The molecule has 0 atom stereocenters. The number of aromatic amines is 1. The molecular formula is C112H122N16S8. The summed E-state index contributed by atoms with van der Waals surface area (Å²) in [7, 11) is 0. The van der Waals surface area contributed by atoms with Crippen LogP contribution in [0, 0.1) is 0 Å². The fraction of sp³-hybridized carbons (Fsp3) is 0.286. The number of aromatic nitrogens is 8. The van der Waals surface area contributed by atoms with Crippen LogP contribution in [0.25, 0.3) is 89.7 Å². The van der Waals surface area contributed by atoms with Gasteiger partial charge in [-0.25, -0.2) is 34.6 Å². The first kappa shape index (κ1) is 96.9. The van der Waals surface area contributed by atoms with Crippen LogP contribution in [0.4, 0.5) is 39.8 Å². The van der Waals surface area contributed by atoms with E-state index in [4.69, 9.17) is 29.9 Å². The summed E-state index contributed by atoms with van der Waals surface area (Å²) in [5.74, 6) is 1.97. The van der Waals surface area contributed by atoms with Gasteiger partial charge in [-0.1, -0.05) is 346 Å². The van der Waals surface area contributed by atoms with E-state index < -0.39 is 0 Å². The minimum absolute atomic E-state index is 0.481. The molecule has 24 heteroatoms. The number of hydrogen-bond donors (Lipinski definition) is 9. The van der Waals surface area contributed by atoms with Gasteiger partial charge in [0.2, 0.25) is 0 Å². The molecule has 0 amide bonds. The van der Waals surface area contributed by atoms with Gasteiger partial charge < -0.3 is 47.6 Å². The molecule has 0 spiro atoms. The molecule has 9 N–H and O–H groups in total. The van der Waals surface area contributed by atoms with Crippen molar-refractivity contribution in [1.82, 2.24) is 39.6 Å². The highest BCUT2D eigenvalue weighted by Gasteiger charge is 2.38. The van der Waals surface area contributed by atoms with Crippen LogP contribution in [0.3, 0.4) is 0 Å².